The van der Waals surface area contributed by atoms with Crippen LogP contribution >= 0.6 is 11.6 Å². The van der Waals surface area contributed by atoms with Crippen molar-refractivity contribution in [1.29, 1.82) is 5.26 Å². The summed E-state index contributed by atoms with van der Waals surface area (Å²) in [6.07, 6.45) is 6.04. The second kappa shape index (κ2) is 6.02. The van der Waals surface area contributed by atoms with Gasteiger partial charge in [0.2, 0.25) is 5.28 Å². The van der Waals surface area contributed by atoms with Gasteiger partial charge in [-0.05, 0) is 81.2 Å². The molecular weight excluding hydrogens is 341 g/mol. The van der Waals surface area contributed by atoms with E-state index in [4.69, 9.17) is 11.6 Å². The number of rotatable bonds is 4. The SMILES string of the molecule is CC(=O)[C@H]1C2CCC(CC2)[C@@H]1Cc1nc(Cl)nc(C2(C#N)CC2)c1F. The number of nitriles is 1. The van der Waals surface area contributed by atoms with Gasteiger partial charge in [0.25, 0.3) is 0 Å². The van der Waals surface area contributed by atoms with E-state index >= 15 is 4.39 Å². The monoisotopic (exact) mass is 361 g/mol. The quantitative estimate of drug-likeness (QED) is 0.760. The van der Waals surface area contributed by atoms with Crippen LogP contribution in [0.2, 0.25) is 5.28 Å². The predicted molar refractivity (Wildman–Crippen MR) is 90.3 cm³/mol. The van der Waals surface area contributed by atoms with Gasteiger partial charge in [-0.1, -0.05) is 0 Å². The fraction of sp³-hybridized carbons (Fsp3) is 0.684. The number of carbonyl (C=O) groups is 1. The lowest BCUT2D eigenvalue weighted by Gasteiger charge is -2.47. The summed E-state index contributed by atoms with van der Waals surface area (Å²) in [6, 6.07) is 2.18. The number of carbonyl (C=O) groups excluding carboxylic acids is 1. The second-order valence-electron chi connectivity index (χ2n) is 7.98. The van der Waals surface area contributed by atoms with Crippen molar-refractivity contribution in [3.05, 3.63) is 22.5 Å². The molecule has 5 rings (SSSR count). The van der Waals surface area contributed by atoms with Crippen molar-refractivity contribution < 1.29 is 9.18 Å². The van der Waals surface area contributed by atoms with Crippen molar-refractivity contribution in [3.63, 3.8) is 0 Å². The van der Waals surface area contributed by atoms with Gasteiger partial charge in [0.1, 0.15) is 16.9 Å². The minimum Gasteiger partial charge on any atom is -0.300 e. The minimum atomic E-state index is -0.836. The highest BCUT2D eigenvalue weighted by atomic mass is 35.5. The highest BCUT2D eigenvalue weighted by Gasteiger charge is 2.50. The first-order valence-electron chi connectivity index (χ1n) is 9.09. The maximum atomic E-state index is 15.1. The van der Waals surface area contributed by atoms with Crippen LogP contribution in [0.4, 0.5) is 4.39 Å². The lowest BCUT2D eigenvalue weighted by Crippen LogP contribution is -2.44. The number of aromatic nitrogens is 2. The van der Waals surface area contributed by atoms with Gasteiger partial charge in [-0.25, -0.2) is 14.4 Å². The van der Waals surface area contributed by atoms with Crippen molar-refractivity contribution >= 4 is 17.4 Å². The summed E-state index contributed by atoms with van der Waals surface area (Å²) in [5.74, 6) is 0.691. The Balaban J connectivity index is 1.69. The second-order valence-corrected chi connectivity index (χ2v) is 8.31. The Kier molecular flexibility index (Phi) is 4.07. The molecule has 2 bridgehead atoms. The topological polar surface area (TPSA) is 66.6 Å². The molecule has 4 aliphatic carbocycles. The van der Waals surface area contributed by atoms with Gasteiger partial charge in [0.05, 0.1) is 11.8 Å². The molecule has 0 spiro atoms. The van der Waals surface area contributed by atoms with E-state index in [2.05, 4.69) is 16.0 Å². The van der Waals surface area contributed by atoms with E-state index in [1.165, 1.54) is 0 Å². The van der Waals surface area contributed by atoms with E-state index in [1.54, 1.807) is 6.92 Å². The largest absolute Gasteiger partial charge is 0.300 e. The highest BCUT2D eigenvalue weighted by molar-refractivity contribution is 6.28. The van der Waals surface area contributed by atoms with Gasteiger partial charge in [0, 0.05) is 5.92 Å². The van der Waals surface area contributed by atoms with Gasteiger partial charge >= 0.3 is 0 Å². The maximum Gasteiger partial charge on any atom is 0.223 e. The number of hydrogen-bond acceptors (Lipinski definition) is 4. The van der Waals surface area contributed by atoms with Gasteiger partial charge in [-0.15, -0.1) is 0 Å². The molecule has 25 heavy (non-hydrogen) atoms. The molecular formula is C19H21ClFN3O. The summed E-state index contributed by atoms with van der Waals surface area (Å²) in [5.41, 5.74) is -0.414. The van der Waals surface area contributed by atoms with E-state index in [-0.39, 0.29) is 34.3 Å². The van der Waals surface area contributed by atoms with Crippen LogP contribution in [0, 0.1) is 40.8 Å². The van der Waals surface area contributed by atoms with E-state index in [0.29, 0.717) is 31.1 Å². The lowest BCUT2D eigenvalue weighted by atomic mass is 9.56. The Bertz CT molecular complexity index is 763. The average Bonchev–Trinajstić information content (AvgIpc) is 3.39. The smallest absolute Gasteiger partial charge is 0.223 e. The van der Waals surface area contributed by atoms with Crippen LogP contribution in [0.1, 0.15) is 56.8 Å². The van der Waals surface area contributed by atoms with Crippen molar-refractivity contribution in [1.82, 2.24) is 9.97 Å². The fourth-order valence-corrected chi connectivity index (χ4v) is 5.35. The Hall–Kier alpha value is -1.54. The molecule has 4 aliphatic rings. The lowest BCUT2D eigenvalue weighted by molar-refractivity contribution is -0.130. The zero-order valence-corrected chi connectivity index (χ0v) is 15.0. The molecule has 4 nitrogen and oxygen atoms in total. The Morgan fingerprint density at radius 3 is 2.48 bits per heavy atom. The molecule has 2 atom stereocenters. The maximum absolute atomic E-state index is 15.1. The Morgan fingerprint density at radius 2 is 1.92 bits per heavy atom. The number of Topliss-reactive ketones (excluding diaryl/α,β-unsaturated/α-hetero) is 1. The van der Waals surface area contributed by atoms with Crippen LogP contribution in [0.25, 0.3) is 0 Å². The fourth-order valence-electron chi connectivity index (χ4n) is 5.17. The molecule has 0 amide bonds. The summed E-state index contributed by atoms with van der Waals surface area (Å²) < 4.78 is 15.1. The molecule has 0 N–H and O–H groups in total. The van der Waals surface area contributed by atoms with Crippen LogP contribution in [-0.4, -0.2) is 15.8 Å². The first-order valence-corrected chi connectivity index (χ1v) is 9.47. The van der Waals surface area contributed by atoms with E-state index < -0.39 is 11.2 Å². The number of halogens is 2. The van der Waals surface area contributed by atoms with Crippen molar-refractivity contribution in [3.8, 4) is 6.07 Å². The first kappa shape index (κ1) is 16.9. The molecule has 0 saturated heterocycles. The van der Waals surface area contributed by atoms with E-state index in [9.17, 15) is 10.1 Å². The molecule has 1 aromatic rings. The average molecular weight is 362 g/mol. The van der Waals surface area contributed by atoms with Gasteiger partial charge in [-0.2, -0.15) is 5.26 Å². The highest BCUT2D eigenvalue weighted by Crippen LogP contribution is 2.51. The number of fused-ring (bicyclic) bond motifs is 3. The van der Waals surface area contributed by atoms with Crippen molar-refractivity contribution in [2.24, 2.45) is 23.7 Å². The van der Waals surface area contributed by atoms with Crippen LogP contribution in [0.15, 0.2) is 0 Å². The zero-order chi connectivity index (χ0) is 17.8. The predicted octanol–water partition coefficient (Wildman–Crippen LogP) is 4.01. The molecule has 0 unspecified atom stereocenters. The number of hydrogen-bond donors (Lipinski definition) is 0. The third-order valence-electron chi connectivity index (χ3n) is 6.60. The standard InChI is InChI=1S/C19H21ClFN3O/c1-10(25)15-12-4-2-11(3-5-12)13(15)8-14-16(21)17(24-18(20)23-14)19(9-22)6-7-19/h11-13,15H,2-8H2,1H3/t11?,12?,13-,15-/m0/s1. The zero-order valence-electron chi connectivity index (χ0n) is 14.3. The Labute approximate surface area is 151 Å². The van der Waals surface area contributed by atoms with Crippen LogP contribution < -0.4 is 0 Å². The molecule has 132 valence electrons. The van der Waals surface area contributed by atoms with Gasteiger partial charge in [-0.3, -0.25) is 4.79 Å². The molecule has 6 heteroatoms. The number of nitrogens with zero attached hydrogens (tertiary/aromatic N) is 3. The third kappa shape index (κ3) is 2.75. The van der Waals surface area contributed by atoms with Crippen LogP contribution in [0.5, 0.6) is 0 Å². The van der Waals surface area contributed by atoms with Crippen LogP contribution in [-0.2, 0) is 16.6 Å². The summed E-state index contributed by atoms with van der Waals surface area (Å²) in [5, 5.41) is 9.37. The first-order chi connectivity index (χ1) is 11.9. The molecule has 4 saturated carbocycles. The summed E-state index contributed by atoms with van der Waals surface area (Å²) in [7, 11) is 0. The van der Waals surface area contributed by atoms with Crippen molar-refractivity contribution in [2.45, 2.75) is 57.3 Å². The van der Waals surface area contributed by atoms with Crippen LogP contribution in [0.3, 0.4) is 0 Å². The van der Waals surface area contributed by atoms with E-state index in [0.717, 1.165) is 25.7 Å². The molecule has 4 fully saturated rings. The molecule has 1 heterocycles. The summed E-state index contributed by atoms with van der Waals surface area (Å²) >= 11 is 6.04. The Morgan fingerprint density at radius 1 is 1.28 bits per heavy atom. The molecule has 1 aromatic heterocycles. The van der Waals surface area contributed by atoms with Gasteiger partial charge < -0.3 is 0 Å². The normalized spacial score (nSPS) is 32.2. The number of ketones is 1. The third-order valence-corrected chi connectivity index (χ3v) is 6.77. The summed E-state index contributed by atoms with van der Waals surface area (Å²) in [4.78, 5) is 20.4. The van der Waals surface area contributed by atoms with Crippen molar-refractivity contribution in [2.75, 3.05) is 0 Å². The molecule has 0 aromatic carbocycles. The van der Waals surface area contributed by atoms with Gasteiger partial charge in [0.15, 0.2) is 5.82 Å². The molecule has 0 aliphatic heterocycles. The molecule has 0 radical (unpaired) electrons. The summed E-state index contributed by atoms with van der Waals surface area (Å²) in [6.45, 7) is 1.65. The minimum absolute atomic E-state index is 0.00468. The van der Waals surface area contributed by atoms with E-state index in [1.807, 2.05) is 0 Å².